The van der Waals surface area contributed by atoms with Crippen LogP contribution >= 0.6 is 0 Å². The van der Waals surface area contributed by atoms with Crippen LogP contribution in [0, 0.1) is 11.7 Å². The summed E-state index contributed by atoms with van der Waals surface area (Å²) in [6.45, 7) is 1.33. The van der Waals surface area contributed by atoms with E-state index in [-0.39, 0.29) is 11.4 Å². The van der Waals surface area contributed by atoms with E-state index < -0.39 is 11.8 Å². The molecule has 1 atom stereocenters. The summed E-state index contributed by atoms with van der Waals surface area (Å²) >= 11 is 0. The molecule has 2 aromatic carbocycles. The number of nitrogens with two attached hydrogens (primary N) is 1. The molecule has 2 N–H and O–H groups in total. The molecule has 0 spiro atoms. The van der Waals surface area contributed by atoms with Gasteiger partial charge in [-0.25, -0.2) is 19.2 Å². The molecule has 0 saturated carbocycles. The number of benzene rings is 2. The number of aromatic nitrogens is 2. The van der Waals surface area contributed by atoms with Crippen LogP contribution < -0.4 is 5.73 Å². The highest BCUT2D eigenvalue weighted by molar-refractivity contribution is 5.91. The second-order valence-corrected chi connectivity index (χ2v) is 8.05. The lowest BCUT2D eigenvalue weighted by atomic mass is 9.89. The Balaban J connectivity index is 1.45. The molecule has 33 heavy (non-hydrogen) atoms. The van der Waals surface area contributed by atoms with Gasteiger partial charge >= 0.3 is 5.97 Å². The van der Waals surface area contributed by atoms with Crippen molar-refractivity contribution in [2.75, 3.05) is 19.5 Å². The van der Waals surface area contributed by atoms with E-state index in [9.17, 15) is 9.18 Å². The average molecular weight is 448 g/mol. The predicted molar refractivity (Wildman–Crippen MR) is 125 cm³/mol. The monoisotopic (exact) mass is 447 g/mol. The van der Waals surface area contributed by atoms with Gasteiger partial charge in [0, 0.05) is 5.56 Å². The molecule has 0 radical (unpaired) electrons. The van der Waals surface area contributed by atoms with Gasteiger partial charge in [-0.1, -0.05) is 36.4 Å². The fourth-order valence-corrected chi connectivity index (χ4v) is 3.89. The van der Waals surface area contributed by atoms with Crippen molar-refractivity contribution in [3.05, 3.63) is 83.4 Å². The molecule has 3 aromatic rings. The molecule has 1 aromatic heterocycles. The fourth-order valence-electron chi connectivity index (χ4n) is 3.89. The molecule has 0 saturated heterocycles. The van der Waals surface area contributed by atoms with Crippen LogP contribution in [0.3, 0.4) is 0 Å². The first-order valence-electron chi connectivity index (χ1n) is 10.9. The predicted octanol–water partition coefficient (Wildman–Crippen LogP) is 5.05. The number of nitrogens with zero attached hydrogens (tertiary/aromatic N) is 2. The van der Waals surface area contributed by atoms with Crippen molar-refractivity contribution in [2.45, 2.75) is 25.9 Å². The van der Waals surface area contributed by atoms with Crippen molar-refractivity contribution in [3.8, 4) is 11.3 Å². The summed E-state index contributed by atoms with van der Waals surface area (Å²) in [6, 6.07) is 14.3. The molecule has 1 unspecified atom stereocenters. The number of esters is 1. The fraction of sp³-hybridized carbons (Fsp3) is 0.269. The number of carbonyl (C=O) groups is 1. The van der Waals surface area contributed by atoms with Crippen LogP contribution in [0.15, 0.2) is 60.8 Å². The van der Waals surface area contributed by atoms with Gasteiger partial charge in [0.05, 0.1) is 37.8 Å². The minimum atomic E-state index is -0.757. The number of hydrogen-bond acceptors (Lipinski definition) is 6. The van der Waals surface area contributed by atoms with Crippen molar-refractivity contribution in [3.63, 3.8) is 0 Å². The molecule has 0 fully saturated rings. The maximum atomic E-state index is 14.0. The Kier molecular flexibility index (Phi) is 7.10. The molecule has 1 aliphatic rings. The molecule has 4 rings (SSSR count). The summed E-state index contributed by atoms with van der Waals surface area (Å²) in [5.41, 5.74) is 9.80. The highest BCUT2D eigenvalue weighted by Gasteiger charge is 2.19. The van der Waals surface area contributed by atoms with E-state index >= 15 is 0 Å². The Bertz CT molecular complexity index is 1160. The summed E-state index contributed by atoms with van der Waals surface area (Å²) in [6.07, 6.45) is 6.57. The summed E-state index contributed by atoms with van der Waals surface area (Å²) in [5.74, 6) is -0.750. The minimum Gasteiger partial charge on any atom is -0.465 e. The van der Waals surface area contributed by atoms with E-state index in [1.54, 1.807) is 6.20 Å². The molecule has 7 heteroatoms. The van der Waals surface area contributed by atoms with E-state index in [1.807, 2.05) is 18.2 Å². The Morgan fingerprint density at radius 2 is 2.03 bits per heavy atom. The van der Waals surface area contributed by atoms with E-state index in [0.29, 0.717) is 30.4 Å². The zero-order valence-corrected chi connectivity index (χ0v) is 18.5. The second-order valence-electron chi connectivity index (χ2n) is 8.05. The van der Waals surface area contributed by atoms with E-state index in [0.717, 1.165) is 30.5 Å². The van der Waals surface area contributed by atoms with Crippen molar-refractivity contribution in [1.82, 2.24) is 9.97 Å². The zero-order valence-electron chi connectivity index (χ0n) is 18.5. The Labute approximate surface area is 192 Å². The van der Waals surface area contributed by atoms with Gasteiger partial charge in [-0.2, -0.15) is 0 Å². The Morgan fingerprint density at radius 1 is 1.21 bits per heavy atom. The smallest absolute Gasteiger partial charge is 0.340 e. The third kappa shape index (κ3) is 5.43. The van der Waals surface area contributed by atoms with Crippen LogP contribution in [0.5, 0.6) is 0 Å². The van der Waals surface area contributed by atoms with Gasteiger partial charge in [0.25, 0.3) is 0 Å². The van der Waals surface area contributed by atoms with Crippen LogP contribution in [0.2, 0.25) is 0 Å². The number of carbonyl (C=O) groups excluding carboxylic acids is 1. The number of nitrogen functional groups attached to an aromatic ring is 1. The summed E-state index contributed by atoms with van der Waals surface area (Å²) in [4.78, 5) is 20.8. The second kappa shape index (κ2) is 10.4. The number of hydrogen-bond donors (Lipinski definition) is 1. The largest absolute Gasteiger partial charge is 0.465 e. The van der Waals surface area contributed by atoms with Gasteiger partial charge in [-0.3, -0.25) is 0 Å². The SMILES string of the molecule is COC(=O)c1cc(-c2nc(C3=CCC(COCc4ccccc4)CC3)cnc2N)ccc1F. The number of allylic oxidation sites excluding steroid dienone is 2. The van der Waals surface area contributed by atoms with Crippen LogP contribution in [0.25, 0.3) is 16.8 Å². The molecule has 0 aliphatic heterocycles. The molecular formula is C26H26FN3O3. The lowest BCUT2D eigenvalue weighted by Gasteiger charge is -2.22. The van der Waals surface area contributed by atoms with Crippen molar-refractivity contribution in [2.24, 2.45) is 5.92 Å². The first kappa shape index (κ1) is 22.6. The van der Waals surface area contributed by atoms with Crippen molar-refractivity contribution < 1.29 is 18.7 Å². The normalized spacial score (nSPS) is 15.7. The van der Waals surface area contributed by atoms with Crippen LogP contribution in [-0.2, 0) is 16.1 Å². The van der Waals surface area contributed by atoms with Crippen molar-refractivity contribution in [1.29, 1.82) is 0 Å². The number of anilines is 1. The number of rotatable bonds is 7. The first-order valence-corrected chi connectivity index (χ1v) is 10.9. The molecule has 0 bridgehead atoms. The maximum Gasteiger partial charge on any atom is 0.340 e. The molecule has 1 aliphatic carbocycles. The molecule has 0 amide bonds. The van der Waals surface area contributed by atoms with Gasteiger partial charge in [-0.05, 0) is 54.5 Å². The molecule has 1 heterocycles. The quantitative estimate of drug-likeness (QED) is 0.510. The maximum absolute atomic E-state index is 14.0. The molecule has 6 nitrogen and oxygen atoms in total. The topological polar surface area (TPSA) is 87.3 Å². The highest BCUT2D eigenvalue weighted by atomic mass is 19.1. The van der Waals surface area contributed by atoms with Crippen LogP contribution in [0.4, 0.5) is 10.2 Å². The number of ether oxygens (including phenoxy) is 2. The third-order valence-electron chi connectivity index (χ3n) is 5.76. The van der Waals surface area contributed by atoms with Crippen LogP contribution in [0.1, 0.15) is 40.9 Å². The number of halogens is 1. The van der Waals surface area contributed by atoms with E-state index in [1.165, 1.54) is 30.9 Å². The van der Waals surface area contributed by atoms with Gasteiger partial charge in [0.15, 0.2) is 0 Å². The summed E-state index contributed by atoms with van der Waals surface area (Å²) in [5, 5.41) is 0. The van der Waals surface area contributed by atoms with Gasteiger partial charge < -0.3 is 15.2 Å². The minimum absolute atomic E-state index is 0.170. The van der Waals surface area contributed by atoms with E-state index in [2.05, 4.69) is 32.9 Å². The molecular weight excluding hydrogens is 421 g/mol. The van der Waals surface area contributed by atoms with Gasteiger partial charge in [0.2, 0.25) is 0 Å². The summed E-state index contributed by atoms with van der Waals surface area (Å²) < 4.78 is 24.6. The average Bonchev–Trinajstić information content (AvgIpc) is 2.85. The van der Waals surface area contributed by atoms with Gasteiger partial charge in [-0.15, -0.1) is 0 Å². The Morgan fingerprint density at radius 3 is 2.76 bits per heavy atom. The highest BCUT2D eigenvalue weighted by Crippen LogP contribution is 2.32. The van der Waals surface area contributed by atoms with Gasteiger partial charge in [0.1, 0.15) is 17.3 Å². The molecule has 170 valence electrons. The van der Waals surface area contributed by atoms with E-state index in [4.69, 9.17) is 10.5 Å². The first-order chi connectivity index (χ1) is 16.0. The standard InChI is InChI=1S/C26H26FN3O3/c1-32-26(31)21-13-20(11-12-22(21)27)24-25(28)29-14-23(30-24)19-9-7-18(8-10-19)16-33-15-17-5-3-2-4-6-17/h2-6,9,11-14,18H,7-8,10,15-16H2,1H3,(H2,28,29). The number of methoxy groups -OCH3 is 1. The zero-order chi connectivity index (χ0) is 23.2. The lowest BCUT2D eigenvalue weighted by Crippen LogP contribution is -2.13. The third-order valence-corrected chi connectivity index (χ3v) is 5.76. The Hall–Kier alpha value is -3.58. The lowest BCUT2D eigenvalue weighted by molar-refractivity contribution is 0.0595. The van der Waals surface area contributed by atoms with Crippen LogP contribution in [-0.4, -0.2) is 29.7 Å². The van der Waals surface area contributed by atoms with Crippen molar-refractivity contribution >= 4 is 17.4 Å². The summed E-state index contributed by atoms with van der Waals surface area (Å²) in [7, 11) is 1.21.